The van der Waals surface area contributed by atoms with E-state index in [4.69, 9.17) is 18.9 Å². The molecule has 0 saturated heterocycles. The van der Waals surface area contributed by atoms with E-state index in [-0.39, 0.29) is 37.4 Å². The van der Waals surface area contributed by atoms with Crippen molar-refractivity contribution in [1.29, 1.82) is 0 Å². The summed E-state index contributed by atoms with van der Waals surface area (Å²) in [6.07, 6.45) is 12.0. The van der Waals surface area contributed by atoms with Crippen molar-refractivity contribution in [1.82, 2.24) is 0 Å². The number of methoxy groups -OCH3 is 1. The number of hydrogen-bond acceptors (Lipinski definition) is 6. The molecule has 2 rings (SSSR count). The third-order valence-corrected chi connectivity index (χ3v) is 6.57. The Balaban J connectivity index is 2.08. The van der Waals surface area contributed by atoms with Crippen molar-refractivity contribution in [2.24, 2.45) is 5.92 Å². The van der Waals surface area contributed by atoms with E-state index < -0.39 is 6.10 Å². The van der Waals surface area contributed by atoms with Gasteiger partial charge in [-0.3, -0.25) is 4.79 Å². The minimum Gasteiger partial charge on any atom is -0.466 e. The van der Waals surface area contributed by atoms with E-state index in [2.05, 4.69) is 26.0 Å². The first-order valence-corrected chi connectivity index (χ1v) is 13.2. The summed E-state index contributed by atoms with van der Waals surface area (Å²) in [6, 6.07) is 5.88. The molecule has 0 aliphatic carbocycles. The quantitative estimate of drug-likeness (QED) is 0.148. The van der Waals surface area contributed by atoms with E-state index in [1.165, 1.54) is 12.8 Å². The van der Waals surface area contributed by atoms with Crippen molar-refractivity contribution in [2.75, 3.05) is 20.5 Å². The summed E-state index contributed by atoms with van der Waals surface area (Å²) in [7, 11) is 1.60. The molecule has 6 heteroatoms. The summed E-state index contributed by atoms with van der Waals surface area (Å²) < 4.78 is 22.6. The Kier molecular flexibility index (Phi) is 13.7. The van der Waals surface area contributed by atoms with Gasteiger partial charge in [-0.1, -0.05) is 69.9 Å². The fourth-order valence-electron chi connectivity index (χ4n) is 4.43. The number of ether oxygens (including phenoxy) is 4. The Morgan fingerprint density at radius 1 is 1.14 bits per heavy atom. The van der Waals surface area contributed by atoms with E-state index in [9.17, 15) is 9.59 Å². The molecule has 1 aromatic rings. The molecule has 1 unspecified atom stereocenters. The normalized spacial score (nSPS) is 21.8. The van der Waals surface area contributed by atoms with Gasteiger partial charge in [-0.15, -0.1) is 0 Å². The van der Waals surface area contributed by atoms with Crippen molar-refractivity contribution in [2.45, 2.75) is 97.2 Å². The van der Waals surface area contributed by atoms with Crippen LogP contribution in [-0.2, 0) is 30.2 Å². The molecule has 1 aliphatic heterocycles. The summed E-state index contributed by atoms with van der Waals surface area (Å²) in [5.74, 6) is -0.310. The van der Waals surface area contributed by atoms with Gasteiger partial charge in [0.1, 0.15) is 12.9 Å². The summed E-state index contributed by atoms with van der Waals surface area (Å²) in [4.78, 5) is 25.4. The predicted octanol–water partition coefficient (Wildman–Crippen LogP) is 6.33. The summed E-state index contributed by atoms with van der Waals surface area (Å²) in [5.41, 5.74) is 2.47. The number of esters is 2. The number of fused-ring (bicyclic) bond motifs is 1. The fourth-order valence-corrected chi connectivity index (χ4v) is 4.43. The van der Waals surface area contributed by atoms with Crippen molar-refractivity contribution < 1.29 is 28.5 Å². The predicted molar refractivity (Wildman–Crippen MR) is 137 cm³/mol. The second-order valence-electron chi connectivity index (χ2n) is 9.55. The smallest absolute Gasteiger partial charge is 0.338 e. The SMILES string of the molecule is CCCCCCCC(=O)OCCC1C[C@@H](OCOC)[C@@H](C)C/C=C/Cc2cccc(C)c2C(=O)O1. The number of benzene rings is 1. The van der Waals surface area contributed by atoms with Crippen molar-refractivity contribution in [3.05, 3.63) is 47.0 Å². The van der Waals surface area contributed by atoms with Gasteiger partial charge in [0, 0.05) is 26.4 Å². The number of cyclic esters (lactones) is 1. The lowest BCUT2D eigenvalue weighted by molar-refractivity contribution is -0.144. The first-order valence-electron chi connectivity index (χ1n) is 13.2. The third-order valence-electron chi connectivity index (χ3n) is 6.57. The van der Waals surface area contributed by atoms with Gasteiger partial charge in [0.25, 0.3) is 0 Å². The van der Waals surface area contributed by atoms with Gasteiger partial charge in [-0.25, -0.2) is 4.79 Å². The Morgan fingerprint density at radius 2 is 1.94 bits per heavy atom. The van der Waals surface area contributed by atoms with Gasteiger partial charge in [0.05, 0.1) is 18.3 Å². The molecule has 1 heterocycles. The number of rotatable bonds is 12. The van der Waals surface area contributed by atoms with Gasteiger partial charge in [-0.2, -0.15) is 0 Å². The summed E-state index contributed by atoms with van der Waals surface area (Å²) in [6.45, 7) is 6.63. The van der Waals surface area contributed by atoms with Crippen LogP contribution in [0.5, 0.6) is 0 Å². The Morgan fingerprint density at radius 3 is 2.71 bits per heavy atom. The van der Waals surface area contributed by atoms with Crippen LogP contribution < -0.4 is 0 Å². The fraction of sp³-hybridized carbons (Fsp3) is 0.655. The maximum Gasteiger partial charge on any atom is 0.338 e. The van der Waals surface area contributed by atoms with Crippen molar-refractivity contribution in [3.63, 3.8) is 0 Å². The first-order chi connectivity index (χ1) is 17.0. The van der Waals surface area contributed by atoms with Crippen LogP contribution in [0.25, 0.3) is 0 Å². The zero-order valence-electron chi connectivity index (χ0n) is 22.1. The van der Waals surface area contributed by atoms with Crippen LogP contribution in [0.3, 0.4) is 0 Å². The highest BCUT2D eigenvalue weighted by molar-refractivity contribution is 5.93. The molecule has 0 saturated carbocycles. The number of carbonyl (C=O) groups excluding carboxylic acids is 2. The minimum absolute atomic E-state index is 0.151. The van der Waals surface area contributed by atoms with E-state index >= 15 is 0 Å². The molecule has 6 nitrogen and oxygen atoms in total. The lowest BCUT2D eigenvalue weighted by Gasteiger charge is -2.28. The van der Waals surface area contributed by atoms with Crippen LogP contribution in [0.15, 0.2) is 30.4 Å². The molecule has 1 aromatic carbocycles. The number of allylic oxidation sites excluding steroid dienone is 2. The maximum absolute atomic E-state index is 13.3. The Labute approximate surface area is 211 Å². The minimum atomic E-state index is -0.431. The largest absolute Gasteiger partial charge is 0.466 e. The molecule has 0 radical (unpaired) electrons. The first kappa shape index (κ1) is 29.1. The number of unbranched alkanes of at least 4 members (excludes halogenated alkanes) is 4. The van der Waals surface area contributed by atoms with Crippen LogP contribution in [0, 0.1) is 12.8 Å². The maximum atomic E-state index is 13.3. The molecule has 0 amide bonds. The van der Waals surface area contributed by atoms with Gasteiger partial charge in [0.2, 0.25) is 0 Å². The number of aryl methyl sites for hydroxylation is 1. The monoisotopic (exact) mass is 488 g/mol. The van der Waals surface area contributed by atoms with Crippen LogP contribution >= 0.6 is 0 Å². The number of hydrogen-bond donors (Lipinski definition) is 0. The van der Waals surface area contributed by atoms with Crippen LogP contribution in [0.1, 0.15) is 93.1 Å². The van der Waals surface area contributed by atoms with Gasteiger partial charge >= 0.3 is 11.9 Å². The molecule has 0 spiro atoms. The average molecular weight is 489 g/mol. The van der Waals surface area contributed by atoms with Crippen molar-refractivity contribution >= 4 is 11.9 Å². The standard InChI is InChI=1S/C29H44O6/c1-5-6-7-8-9-17-27(30)33-19-18-25-20-26(34-21-32-4)22(2)13-10-11-15-24-16-12-14-23(3)28(24)29(31)35-25/h10-12,14,16,22,25-26H,5-9,13,15,17-21H2,1-4H3/b11-10+/t22-,25?,26+/m0/s1. The van der Waals surface area contributed by atoms with Crippen LogP contribution in [0.4, 0.5) is 0 Å². The molecule has 3 atom stereocenters. The second kappa shape index (κ2) is 16.5. The molecule has 0 bridgehead atoms. The van der Waals surface area contributed by atoms with E-state index in [1.54, 1.807) is 7.11 Å². The highest BCUT2D eigenvalue weighted by Crippen LogP contribution is 2.25. The Bertz CT molecular complexity index is 802. The highest BCUT2D eigenvalue weighted by Gasteiger charge is 2.27. The molecule has 0 fully saturated rings. The van der Waals surface area contributed by atoms with E-state index in [0.29, 0.717) is 31.2 Å². The molecule has 1 aliphatic rings. The molecular weight excluding hydrogens is 444 g/mol. The molecular formula is C29H44O6. The molecule has 0 aromatic heterocycles. The lowest BCUT2D eigenvalue weighted by Crippen LogP contribution is -2.32. The zero-order valence-corrected chi connectivity index (χ0v) is 22.1. The topological polar surface area (TPSA) is 71.1 Å². The number of carbonyl (C=O) groups is 2. The van der Waals surface area contributed by atoms with Gasteiger partial charge in [0.15, 0.2) is 0 Å². The lowest BCUT2D eigenvalue weighted by atomic mass is 9.93. The van der Waals surface area contributed by atoms with Crippen molar-refractivity contribution in [3.8, 4) is 0 Å². The van der Waals surface area contributed by atoms with E-state index in [1.807, 2.05) is 25.1 Å². The Hall–Kier alpha value is -2.18. The van der Waals surface area contributed by atoms with Gasteiger partial charge in [-0.05, 0) is 43.2 Å². The van der Waals surface area contributed by atoms with E-state index in [0.717, 1.165) is 36.8 Å². The summed E-state index contributed by atoms with van der Waals surface area (Å²) in [5, 5.41) is 0. The third kappa shape index (κ3) is 10.5. The highest BCUT2D eigenvalue weighted by atomic mass is 16.7. The second-order valence-corrected chi connectivity index (χ2v) is 9.55. The molecule has 196 valence electrons. The van der Waals surface area contributed by atoms with Crippen LogP contribution in [-0.4, -0.2) is 44.7 Å². The molecule has 0 N–H and O–H groups in total. The summed E-state index contributed by atoms with van der Waals surface area (Å²) >= 11 is 0. The van der Waals surface area contributed by atoms with Gasteiger partial charge < -0.3 is 18.9 Å². The molecule has 35 heavy (non-hydrogen) atoms. The zero-order chi connectivity index (χ0) is 25.5. The van der Waals surface area contributed by atoms with Crippen LogP contribution in [0.2, 0.25) is 0 Å². The average Bonchev–Trinajstić information content (AvgIpc) is 2.83.